The van der Waals surface area contributed by atoms with Gasteiger partial charge in [-0.15, -0.1) is 0 Å². The molecule has 1 aromatic carbocycles. The Labute approximate surface area is 122 Å². The van der Waals surface area contributed by atoms with Gasteiger partial charge in [0, 0.05) is 11.1 Å². The van der Waals surface area contributed by atoms with Crippen molar-refractivity contribution in [1.82, 2.24) is 5.32 Å². The molecule has 2 rings (SSSR count). The Kier molecular flexibility index (Phi) is 3.99. The van der Waals surface area contributed by atoms with E-state index in [0.717, 1.165) is 18.0 Å². The number of halogens is 1. The molecule has 1 saturated carbocycles. The second-order valence-corrected chi connectivity index (χ2v) is 7.34. The van der Waals surface area contributed by atoms with Crippen molar-refractivity contribution >= 4 is 11.6 Å². The second kappa shape index (κ2) is 5.10. The molecule has 19 heavy (non-hydrogen) atoms. The highest BCUT2D eigenvalue weighted by Crippen LogP contribution is 2.72. The van der Waals surface area contributed by atoms with Crippen LogP contribution in [-0.4, -0.2) is 6.54 Å². The van der Waals surface area contributed by atoms with Crippen LogP contribution in [0.2, 0.25) is 5.02 Å². The standard InChI is InChI=1S/C17H26ClN/c1-6-10-19-14(12-8-7-9-13(18)11-12)15-16(2,3)17(15,4)5/h7-9,11,14-15,19H,6,10H2,1-5H3. The molecule has 0 bridgehead atoms. The number of benzene rings is 1. The summed E-state index contributed by atoms with van der Waals surface area (Å²) in [7, 11) is 0. The summed E-state index contributed by atoms with van der Waals surface area (Å²) in [5.74, 6) is 0.657. The fourth-order valence-corrected chi connectivity index (χ4v) is 3.71. The SMILES string of the molecule is CCCNC(c1cccc(Cl)c1)C1C(C)(C)C1(C)C. The van der Waals surface area contributed by atoms with Crippen LogP contribution in [0.3, 0.4) is 0 Å². The Morgan fingerprint density at radius 3 is 2.32 bits per heavy atom. The van der Waals surface area contributed by atoms with Crippen LogP contribution in [0.1, 0.15) is 52.6 Å². The minimum absolute atomic E-state index is 0.376. The third-order valence-corrected chi connectivity index (χ3v) is 5.52. The summed E-state index contributed by atoms with van der Waals surface area (Å²) in [4.78, 5) is 0. The van der Waals surface area contributed by atoms with Gasteiger partial charge in [-0.2, -0.15) is 0 Å². The van der Waals surface area contributed by atoms with Gasteiger partial charge in [-0.3, -0.25) is 0 Å². The molecule has 0 aliphatic heterocycles. The molecule has 0 amide bonds. The zero-order chi connectivity index (χ0) is 14.3. The zero-order valence-corrected chi connectivity index (χ0v) is 13.5. The van der Waals surface area contributed by atoms with Gasteiger partial charge in [0.2, 0.25) is 0 Å². The molecule has 0 saturated heterocycles. The number of hydrogen-bond donors (Lipinski definition) is 1. The van der Waals surface area contributed by atoms with E-state index in [1.54, 1.807) is 0 Å². The summed E-state index contributed by atoms with van der Waals surface area (Å²) in [5, 5.41) is 4.56. The van der Waals surface area contributed by atoms with Crippen LogP contribution < -0.4 is 5.32 Å². The van der Waals surface area contributed by atoms with Crippen LogP contribution in [0.15, 0.2) is 24.3 Å². The smallest absolute Gasteiger partial charge is 0.0409 e. The van der Waals surface area contributed by atoms with Crippen molar-refractivity contribution < 1.29 is 0 Å². The lowest BCUT2D eigenvalue weighted by molar-refractivity contribution is 0.410. The molecule has 2 heteroatoms. The van der Waals surface area contributed by atoms with E-state index in [9.17, 15) is 0 Å². The van der Waals surface area contributed by atoms with E-state index in [-0.39, 0.29) is 0 Å². The van der Waals surface area contributed by atoms with Crippen molar-refractivity contribution in [3.05, 3.63) is 34.9 Å². The van der Waals surface area contributed by atoms with Crippen molar-refractivity contribution in [3.63, 3.8) is 0 Å². The normalized spacial score (nSPS) is 22.2. The first-order valence-electron chi connectivity index (χ1n) is 7.31. The molecule has 1 aliphatic carbocycles. The van der Waals surface area contributed by atoms with Crippen LogP contribution >= 0.6 is 11.6 Å². The van der Waals surface area contributed by atoms with E-state index >= 15 is 0 Å². The van der Waals surface area contributed by atoms with Gasteiger partial charge in [-0.25, -0.2) is 0 Å². The zero-order valence-electron chi connectivity index (χ0n) is 12.8. The minimum atomic E-state index is 0.376. The Morgan fingerprint density at radius 1 is 1.21 bits per heavy atom. The highest BCUT2D eigenvalue weighted by Gasteiger charge is 2.67. The quantitative estimate of drug-likeness (QED) is 0.794. The van der Waals surface area contributed by atoms with Gasteiger partial charge in [0.15, 0.2) is 0 Å². The monoisotopic (exact) mass is 279 g/mol. The molecule has 1 N–H and O–H groups in total. The Bertz CT molecular complexity index is 436. The molecule has 106 valence electrons. The first-order valence-corrected chi connectivity index (χ1v) is 7.69. The maximum Gasteiger partial charge on any atom is 0.0409 e. The molecule has 1 aromatic rings. The highest BCUT2D eigenvalue weighted by atomic mass is 35.5. The third-order valence-electron chi connectivity index (χ3n) is 5.29. The van der Waals surface area contributed by atoms with E-state index in [0.29, 0.717) is 22.8 Å². The lowest BCUT2D eigenvalue weighted by atomic mass is 9.96. The van der Waals surface area contributed by atoms with E-state index in [1.165, 1.54) is 5.56 Å². The summed E-state index contributed by atoms with van der Waals surface area (Å²) in [6.07, 6.45) is 1.16. The summed E-state index contributed by atoms with van der Waals surface area (Å²) < 4.78 is 0. The van der Waals surface area contributed by atoms with E-state index in [2.05, 4.69) is 58.1 Å². The minimum Gasteiger partial charge on any atom is -0.310 e. The first-order chi connectivity index (χ1) is 8.82. The average Bonchev–Trinajstić information content (AvgIpc) is 2.72. The first kappa shape index (κ1) is 14.9. The molecule has 0 heterocycles. The summed E-state index contributed by atoms with van der Waals surface area (Å²) >= 11 is 6.16. The third kappa shape index (κ3) is 2.55. The predicted molar refractivity (Wildman–Crippen MR) is 83.5 cm³/mol. The molecule has 0 radical (unpaired) electrons. The molecular formula is C17H26ClN. The van der Waals surface area contributed by atoms with Crippen molar-refractivity contribution in [3.8, 4) is 0 Å². The highest BCUT2D eigenvalue weighted by molar-refractivity contribution is 6.30. The molecular weight excluding hydrogens is 254 g/mol. The molecule has 1 atom stereocenters. The Hall–Kier alpha value is -0.530. The van der Waals surface area contributed by atoms with Gasteiger partial charge >= 0.3 is 0 Å². The number of rotatable bonds is 5. The average molecular weight is 280 g/mol. The van der Waals surface area contributed by atoms with Crippen LogP contribution in [0.25, 0.3) is 0 Å². The Balaban J connectivity index is 2.28. The summed E-state index contributed by atoms with van der Waals surface area (Å²) in [6, 6.07) is 8.72. The van der Waals surface area contributed by atoms with Crippen LogP contribution in [0.5, 0.6) is 0 Å². The van der Waals surface area contributed by atoms with Crippen LogP contribution in [0.4, 0.5) is 0 Å². The maximum atomic E-state index is 6.16. The van der Waals surface area contributed by atoms with Gasteiger partial charge in [-0.05, 0) is 47.4 Å². The molecule has 0 aromatic heterocycles. The van der Waals surface area contributed by atoms with E-state index < -0.39 is 0 Å². The summed E-state index contributed by atoms with van der Waals surface area (Å²) in [5.41, 5.74) is 2.08. The second-order valence-electron chi connectivity index (χ2n) is 6.91. The molecule has 1 fully saturated rings. The van der Waals surface area contributed by atoms with Crippen LogP contribution in [-0.2, 0) is 0 Å². The van der Waals surface area contributed by atoms with E-state index in [4.69, 9.17) is 11.6 Å². The molecule has 1 unspecified atom stereocenters. The topological polar surface area (TPSA) is 12.0 Å². The van der Waals surface area contributed by atoms with Gasteiger partial charge < -0.3 is 5.32 Å². The van der Waals surface area contributed by atoms with E-state index in [1.807, 2.05) is 6.07 Å². The lowest BCUT2D eigenvalue weighted by Gasteiger charge is -2.21. The molecule has 1 nitrogen and oxygen atoms in total. The predicted octanol–water partition coefficient (Wildman–Crippen LogP) is 5.06. The van der Waals surface area contributed by atoms with Crippen molar-refractivity contribution in [2.45, 2.75) is 47.1 Å². The number of hydrogen-bond acceptors (Lipinski definition) is 1. The fraction of sp³-hybridized carbons (Fsp3) is 0.647. The fourth-order valence-electron chi connectivity index (χ4n) is 3.51. The van der Waals surface area contributed by atoms with Gasteiger partial charge in [-0.1, -0.05) is 58.4 Å². The molecule has 1 aliphatic rings. The Morgan fingerprint density at radius 2 is 1.84 bits per heavy atom. The van der Waals surface area contributed by atoms with Gasteiger partial charge in [0.05, 0.1) is 0 Å². The van der Waals surface area contributed by atoms with Gasteiger partial charge in [0.25, 0.3) is 0 Å². The lowest BCUT2D eigenvalue weighted by Crippen LogP contribution is -2.26. The van der Waals surface area contributed by atoms with Crippen molar-refractivity contribution in [1.29, 1.82) is 0 Å². The molecule has 0 spiro atoms. The number of nitrogens with one attached hydrogen (secondary N) is 1. The summed E-state index contributed by atoms with van der Waals surface area (Å²) in [6.45, 7) is 12.8. The van der Waals surface area contributed by atoms with Crippen molar-refractivity contribution in [2.24, 2.45) is 16.7 Å². The van der Waals surface area contributed by atoms with Crippen LogP contribution in [0, 0.1) is 16.7 Å². The largest absolute Gasteiger partial charge is 0.310 e. The van der Waals surface area contributed by atoms with Gasteiger partial charge in [0.1, 0.15) is 0 Å². The van der Waals surface area contributed by atoms with Crippen molar-refractivity contribution in [2.75, 3.05) is 6.54 Å². The maximum absolute atomic E-state index is 6.16.